The van der Waals surface area contributed by atoms with Crippen molar-refractivity contribution >= 4 is 23.1 Å². The number of nitrogens with two attached hydrogens (primary N) is 1. The van der Waals surface area contributed by atoms with E-state index in [-0.39, 0.29) is 5.91 Å². The van der Waals surface area contributed by atoms with E-state index in [9.17, 15) is 4.79 Å². The summed E-state index contributed by atoms with van der Waals surface area (Å²) >= 11 is 1.41. The predicted octanol–water partition coefficient (Wildman–Crippen LogP) is 0.994. The number of nitrogens with zero attached hydrogens (tertiary/aromatic N) is 2. The molecular formula is C10H12N4OS. The first kappa shape index (κ1) is 10.7. The van der Waals surface area contributed by atoms with E-state index in [1.54, 1.807) is 24.0 Å². The van der Waals surface area contributed by atoms with Gasteiger partial charge in [-0.25, -0.2) is 0 Å². The molecule has 16 heavy (non-hydrogen) atoms. The largest absolute Gasteiger partial charge is 0.384 e. The Kier molecular flexibility index (Phi) is 2.91. The second kappa shape index (κ2) is 4.36. The first-order valence-corrected chi connectivity index (χ1v) is 5.64. The number of aryl methyl sites for hydroxylation is 1. The molecule has 2 heterocycles. The molecule has 5 nitrogen and oxygen atoms in total. The van der Waals surface area contributed by atoms with Crippen LogP contribution in [0.15, 0.2) is 23.7 Å². The van der Waals surface area contributed by atoms with E-state index in [1.165, 1.54) is 11.3 Å². The van der Waals surface area contributed by atoms with Crippen LogP contribution in [0.3, 0.4) is 0 Å². The summed E-state index contributed by atoms with van der Waals surface area (Å²) < 4.78 is 1.58. The van der Waals surface area contributed by atoms with E-state index in [4.69, 9.17) is 5.73 Å². The highest BCUT2D eigenvalue weighted by molar-refractivity contribution is 7.12. The van der Waals surface area contributed by atoms with Gasteiger partial charge in [-0.1, -0.05) is 6.07 Å². The van der Waals surface area contributed by atoms with E-state index < -0.39 is 0 Å². The number of anilines is 1. The van der Waals surface area contributed by atoms with Crippen molar-refractivity contribution in [3.63, 3.8) is 0 Å². The number of hydrogen-bond acceptors (Lipinski definition) is 4. The van der Waals surface area contributed by atoms with Crippen molar-refractivity contribution in [3.05, 3.63) is 34.2 Å². The van der Waals surface area contributed by atoms with Crippen LogP contribution < -0.4 is 11.1 Å². The molecule has 0 aliphatic carbocycles. The average molecular weight is 236 g/mol. The molecule has 0 aliphatic heterocycles. The molecular weight excluding hydrogens is 224 g/mol. The molecule has 0 spiro atoms. The Morgan fingerprint density at radius 1 is 1.69 bits per heavy atom. The van der Waals surface area contributed by atoms with Gasteiger partial charge in [0, 0.05) is 19.2 Å². The van der Waals surface area contributed by atoms with Gasteiger partial charge in [-0.05, 0) is 11.4 Å². The SMILES string of the molecule is Cn1ncc(CNC(=O)c2cccs2)c1N. The quantitative estimate of drug-likeness (QED) is 0.834. The summed E-state index contributed by atoms with van der Waals surface area (Å²) in [5, 5.41) is 8.66. The van der Waals surface area contributed by atoms with Crippen molar-refractivity contribution in [2.45, 2.75) is 6.54 Å². The van der Waals surface area contributed by atoms with Crippen molar-refractivity contribution in [2.75, 3.05) is 5.73 Å². The Labute approximate surface area is 96.9 Å². The van der Waals surface area contributed by atoms with Gasteiger partial charge in [-0.3, -0.25) is 9.48 Å². The van der Waals surface area contributed by atoms with Crippen molar-refractivity contribution < 1.29 is 4.79 Å². The third-order valence-electron chi connectivity index (χ3n) is 2.25. The monoisotopic (exact) mass is 236 g/mol. The maximum Gasteiger partial charge on any atom is 0.261 e. The maximum absolute atomic E-state index is 11.6. The molecule has 3 N–H and O–H groups in total. The molecule has 84 valence electrons. The Morgan fingerprint density at radius 2 is 2.50 bits per heavy atom. The number of rotatable bonds is 3. The Morgan fingerprint density at radius 3 is 3.06 bits per heavy atom. The van der Waals surface area contributed by atoms with E-state index >= 15 is 0 Å². The molecule has 0 unspecified atom stereocenters. The summed E-state index contributed by atoms with van der Waals surface area (Å²) in [5.41, 5.74) is 6.59. The molecule has 2 rings (SSSR count). The summed E-state index contributed by atoms with van der Waals surface area (Å²) in [7, 11) is 1.76. The number of nitrogens with one attached hydrogen (secondary N) is 1. The van der Waals surface area contributed by atoms with Crippen LogP contribution in [0.5, 0.6) is 0 Å². The lowest BCUT2D eigenvalue weighted by atomic mass is 10.3. The highest BCUT2D eigenvalue weighted by atomic mass is 32.1. The molecule has 0 radical (unpaired) electrons. The van der Waals surface area contributed by atoms with Gasteiger partial charge in [0.2, 0.25) is 0 Å². The van der Waals surface area contributed by atoms with Gasteiger partial charge in [-0.2, -0.15) is 5.10 Å². The maximum atomic E-state index is 11.6. The van der Waals surface area contributed by atoms with Crippen LogP contribution >= 0.6 is 11.3 Å². The third-order valence-corrected chi connectivity index (χ3v) is 3.12. The molecule has 2 aromatic heterocycles. The highest BCUT2D eigenvalue weighted by Crippen LogP contribution is 2.11. The summed E-state index contributed by atoms with van der Waals surface area (Å²) in [4.78, 5) is 12.3. The van der Waals surface area contributed by atoms with Crippen LogP contribution in [0.1, 0.15) is 15.2 Å². The Balaban J connectivity index is 1.98. The van der Waals surface area contributed by atoms with Gasteiger partial charge in [0.15, 0.2) is 0 Å². The number of aromatic nitrogens is 2. The first-order chi connectivity index (χ1) is 7.68. The zero-order chi connectivity index (χ0) is 11.5. The van der Waals surface area contributed by atoms with E-state index in [0.29, 0.717) is 17.2 Å². The van der Waals surface area contributed by atoms with E-state index in [1.807, 2.05) is 11.4 Å². The summed E-state index contributed by atoms with van der Waals surface area (Å²) in [6.45, 7) is 0.399. The van der Waals surface area contributed by atoms with Gasteiger partial charge in [0.25, 0.3) is 5.91 Å². The average Bonchev–Trinajstić information content (AvgIpc) is 2.89. The molecule has 0 aromatic carbocycles. The number of nitrogen functional groups attached to an aromatic ring is 1. The minimum atomic E-state index is -0.0850. The van der Waals surface area contributed by atoms with Crippen LogP contribution in [0.2, 0.25) is 0 Å². The van der Waals surface area contributed by atoms with Crippen molar-refractivity contribution in [2.24, 2.45) is 7.05 Å². The standard InChI is InChI=1S/C10H12N4OS/c1-14-9(11)7(6-13-14)5-12-10(15)8-3-2-4-16-8/h2-4,6H,5,11H2,1H3,(H,12,15). The Bertz CT molecular complexity index is 489. The summed E-state index contributed by atoms with van der Waals surface area (Å²) in [5.74, 6) is 0.490. The number of carbonyl (C=O) groups is 1. The van der Waals surface area contributed by atoms with Crippen LogP contribution in [0.25, 0.3) is 0 Å². The van der Waals surface area contributed by atoms with Gasteiger partial charge in [-0.15, -0.1) is 11.3 Å². The molecule has 6 heteroatoms. The minimum absolute atomic E-state index is 0.0850. The lowest BCUT2D eigenvalue weighted by molar-refractivity contribution is 0.0955. The number of thiophene rings is 1. The highest BCUT2D eigenvalue weighted by Gasteiger charge is 2.08. The van der Waals surface area contributed by atoms with Gasteiger partial charge in [0.1, 0.15) is 5.82 Å². The van der Waals surface area contributed by atoms with Crippen LogP contribution in [0.4, 0.5) is 5.82 Å². The van der Waals surface area contributed by atoms with Crippen LogP contribution in [-0.4, -0.2) is 15.7 Å². The number of hydrogen-bond donors (Lipinski definition) is 2. The molecule has 0 atom stereocenters. The molecule has 0 bridgehead atoms. The second-order valence-electron chi connectivity index (χ2n) is 3.34. The fraction of sp³-hybridized carbons (Fsp3) is 0.200. The van der Waals surface area contributed by atoms with E-state index in [2.05, 4.69) is 10.4 Å². The topological polar surface area (TPSA) is 72.9 Å². The molecule has 0 saturated carbocycles. The van der Waals surface area contributed by atoms with Crippen molar-refractivity contribution in [1.82, 2.24) is 15.1 Å². The predicted molar refractivity (Wildman–Crippen MR) is 63.1 cm³/mol. The first-order valence-electron chi connectivity index (χ1n) is 4.76. The third kappa shape index (κ3) is 2.06. The molecule has 0 fully saturated rings. The summed E-state index contributed by atoms with van der Waals surface area (Å²) in [6, 6.07) is 3.63. The van der Waals surface area contributed by atoms with Crippen molar-refractivity contribution in [3.8, 4) is 0 Å². The molecule has 0 saturated heterocycles. The zero-order valence-corrected chi connectivity index (χ0v) is 9.62. The Hall–Kier alpha value is -1.82. The number of amides is 1. The minimum Gasteiger partial charge on any atom is -0.384 e. The number of carbonyl (C=O) groups excluding carboxylic acids is 1. The normalized spacial score (nSPS) is 10.3. The second-order valence-corrected chi connectivity index (χ2v) is 4.29. The molecule has 0 aliphatic rings. The lowest BCUT2D eigenvalue weighted by Crippen LogP contribution is -2.22. The van der Waals surface area contributed by atoms with Gasteiger partial charge < -0.3 is 11.1 Å². The van der Waals surface area contributed by atoms with Gasteiger partial charge in [0.05, 0.1) is 11.1 Å². The van der Waals surface area contributed by atoms with Crippen LogP contribution in [0, 0.1) is 0 Å². The summed E-state index contributed by atoms with van der Waals surface area (Å²) in [6.07, 6.45) is 1.66. The van der Waals surface area contributed by atoms with E-state index in [0.717, 1.165) is 5.56 Å². The smallest absolute Gasteiger partial charge is 0.261 e. The van der Waals surface area contributed by atoms with Gasteiger partial charge >= 0.3 is 0 Å². The fourth-order valence-corrected chi connectivity index (χ4v) is 1.94. The zero-order valence-electron chi connectivity index (χ0n) is 8.80. The van der Waals surface area contributed by atoms with Crippen molar-refractivity contribution in [1.29, 1.82) is 0 Å². The fourth-order valence-electron chi connectivity index (χ4n) is 1.30. The van der Waals surface area contributed by atoms with Crippen LogP contribution in [-0.2, 0) is 13.6 Å². The lowest BCUT2D eigenvalue weighted by Gasteiger charge is -2.02. The molecule has 2 aromatic rings. The molecule has 1 amide bonds.